The summed E-state index contributed by atoms with van der Waals surface area (Å²) in [6.07, 6.45) is 0. The fourth-order valence-electron chi connectivity index (χ4n) is 2.22. The number of amides is 1. The first kappa shape index (κ1) is 15.3. The Hall–Kier alpha value is -2.12. The van der Waals surface area contributed by atoms with Crippen LogP contribution in [0.25, 0.3) is 0 Å². The van der Waals surface area contributed by atoms with Gasteiger partial charge in [0, 0.05) is 37.9 Å². The molecule has 3 N–H and O–H groups in total. The summed E-state index contributed by atoms with van der Waals surface area (Å²) < 4.78 is 5.03. The van der Waals surface area contributed by atoms with Gasteiger partial charge in [0.1, 0.15) is 11.3 Å². The van der Waals surface area contributed by atoms with Gasteiger partial charge >= 0.3 is 5.97 Å². The summed E-state index contributed by atoms with van der Waals surface area (Å²) in [4.78, 5) is 25.0. The highest BCUT2D eigenvalue weighted by Gasteiger charge is 2.15. The van der Waals surface area contributed by atoms with Gasteiger partial charge in [0.15, 0.2) is 0 Å². The Morgan fingerprint density at radius 2 is 2.10 bits per heavy atom. The average molecular weight is 293 g/mol. The van der Waals surface area contributed by atoms with Gasteiger partial charge in [0.25, 0.3) is 0 Å². The molecule has 21 heavy (non-hydrogen) atoms. The van der Waals surface area contributed by atoms with Crippen molar-refractivity contribution >= 4 is 17.6 Å². The minimum atomic E-state index is -1.06. The summed E-state index contributed by atoms with van der Waals surface area (Å²) in [5, 5.41) is 15.0. The van der Waals surface area contributed by atoms with E-state index in [1.807, 2.05) is 0 Å². The van der Waals surface area contributed by atoms with Gasteiger partial charge in [-0.25, -0.2) is 4.79 Å². The lowest BCUT2D eigenvalue weighted by atomic mass is 10.2. The van der Waals surface area contributed by atoms with Crippen LogP contribution in [0.2, 0.25) is 0 Å². The molecule has 0 saturated carbocycles. The molecule has 0 unspecified atom stereocenters. The zero-order valence-corrected chi connectivity index (χ0v) is 11.9. The molecule has 1 saturated heterocycles. The predicted molar refractivity (Wildman–Crippen MR) is 77.9 cm³/mol. The molecular formula is C14H19N3O4. The standard InChI is InChI=1S/C14H19N3O4/c1-21-12-8-10(2-3-11(12)14(19)20)16-13(18)9-17-6-4-15-5-7-17/h2-3,8,15H,4-7,9H2,1H3,(H,16,18)(H,19,20). The van der Waals surface area contributed by atoms with Gasteiger partial charge in [-0.05, 0) is 12.1 Å². The number of rotatable bonds is 5. The van der Waals surface area contributed by atoms with Crippen LogP contribution >= 0.6 is 0 Å². The van der Waals surface area contributed by atoms with E-state index in [2.05, 4.69) is 15.5 Å². The van der Waals surface area contributed by atoms with Crippen LogP contribution in [0.3, 0.4) is 0 Å². The molecule has 0 radical (unpaired) electrons. The first-order chi connectivity index (χ1) is 10.1. The van der Waals surface area contributed by atoms with Crippen LogP contribution in [0.1, 0.15) is 10.4 Å². The Bertz CT molecular complexity index is 527. The van der Waals surface area contributed by atoms with Crippen molar-refractivity contribution in [2.24, 2.45) is 0 Å². The number of nitrogens with zero attached hydrogens (tertiary/aromatic N) is 1. The minimum Gasteiger partial charge on any atom is -0.496 e. The quantitative estimate of drug-likeness (QED) is 0.720. The third-order valence-corrected chi connectivity index (χ3v) is 3.29. The average Bonchev–Trinajstić information content (AvgIpc) is 2.47. The van der Waals surface area contributed by atoms with Crippen molar-refractivity contribution in [2.45, 2.75) is 0 Å². The number of carboxylic acids is 1. The normalized spacial score (nSPS) is 15.5. The van der Waals surface area contributed by atoms with Gasteiger partial charge in [-0.3, -0.25) is 9.69 Å². The van der Waals surface area contributed by atoms with E-state index < -0.39 is 5.97 Å². The molecule has 114 valence electrons. The molecule has 2 rings (SSSR count). The third kappa shape index (κ3) is 4.17. The fourth-order valence-corrected chi connectivity index (χ4v) is 2.22. The highest BCUT2D eigenvalue weighted by atomic mass is 16.5. The Morgan fingerprint density at radius 3 is 2.71 bits per heavy atom. The smallest absolute Gasteiger partial charge is 0.339 e. The first-order valence-corrected chi connectivity index (χ1v) is 6.74. The highest BCUT2D eigenvalue weighted by Crippen LogP contribution is 2.23. The molecule has 1 aromatic carbocycles. The molecule has 1 aliphatic rings. The maximum atomic E-state index is 12.0. The first-order valence-electron chi connectivity index (χ1n) is 6.74. The fraction of sp³-hybridized carbons (Fsp3) is 0.429. The Kier molecular flexibility index (Phi) is 5.13. The van der Waals surface area contributed by atoms with E-state index in [0.717, 1.165) is 26.2 Å². The highest BCUT2D eigenvalue weighted by molar-refractivity contribution is 5.95. The molecule has 1 heterocycles. The zero-order valence-electron chi connectivity index (χ0n) is 11.9. The van der Waals surface area contributed by atoms with Gasteiger partial charge < -0.3 is 20.5 Å². The SMILES string of the molecule is COc1cc(NC(=O)CN2CCNCC2)ccc1C(=O)O. The summed E-state index contributed by atoms with van der Waals surface area (Å²) in [6, 6.07) is 4.49. The lowest BCUT2D eigenvalue weighted by Crippen LogP contribution is -2.46. The van der Waals surface area contributed by atoms with Crippen molar-refractivity contribution in [3.8, 4) is 5.75 Å². The van der Waals surface area contributed by atoms with E-state index in [0.29, 0.717) is 12.2 Å². The number of carbonyl (C=O) groups is 2. The molecular weight excluding hydrogens is 274 g/mol. The van der Waals surface area contributed by atoms with E-state index in [9.17, 15) is 9.59 Å². The molecule has 0 spiro atoms. The number of piperazine rings is 1. The second kappa shape index (κ2) is 7.05. The Balaban J connectivity index is 1.98. The molecule has 1 amide bonds. The maximum absolute atomic E-state index is 12.0. The number of carboxylic acid groups (broad SMARTS) is 1. The summed E-state index contributed by atoms with van der Waals surface area (Å²) in [7, 11) is 1.40. The lowest BCUT2D eigenvalue weighted by molar-refractivity contribution is -0.117. The van der Waals surface area contributed by atoms with Gasteiger partial charge in [0.05, 0.1) is 13.7 Å². The van der Waals surface area contributed by atoms with Crippen molar-refractivity contribution in [3.05, 3.63) is 23.8 Å². The topological polar surface area (TPSA) is 90.9 Å². The van der Waals surface area contributed by atoms with E-state index in [1.54, 1.807) is 6.07 Å². The van der Waals surface area contributed by atoms with Crippen LogP contribution in [0.15, 0.2) is 18.2 Å². The maximum Gasteiger partial charge on any atom is 0.339 e. The molecule has 1 aliphatic heterocycles. The van der Waals surface area contributed by atoms with Crippen molar-refractivity contribution in [1.29, 1.82) is 0 Å². The number of nitrogens with one attached hydrogen (secondary N) is 2. The molecule has 0 bridgehead atoms. The summed E-state index contributed by atoms with van der Waals surface area (Å²) in [5.74, 6) is -0.963. The van der Waals surface area contributed by atoms with Crippen LogP contribution in [0, 0.1) is 0 Å². The van der Waals surface area contributed by atoms with Crippen molar-refractivity contribution in [2.75, 3.05) is 45.2 Å². The number of aromatic carboxylic acids is 1. The molecule has 0 atom stereocenters. The number of anilines is 1. The largest absolute Gasteiger partial charge is 0.496 e. The molecule has 0 aromatic heterocycles. The summed E-state index contributed by atoms with van der Waals surface area (Å²) in [6.45, 7) is 3.77. The van der Waals surface area contributed by atoms with Crippen molar-refractivity contribution in [3.63, 3.8) is 0 Å². The molecule has 7 heteroatoms. The number of methoxy groups -OCH3 is 1. The van der Waals surface area contributed by atoms with E-state index in [1.165, 1.54) is 19.2 Å². The Morgan fingerprint density at radius 1 is 1.38 bits per heavy atom. The molecule has 7 nitrogen and oxygen atoms in total. The number of hydrogen-bond donors (Lipinski definition) is 3. The van der Waals surface area contributed by atoms with Gasteiger partial charge in [0.2, 0.25) is 5.91 Å². The summed E-state index contributed by atoms with van der Waals surface area (Å²) >= 11 is 0. The van der Waals surface area contributed by atoms with Crippen LogP contribution in [0.5, 0.6) is 5.75 Å². The lowest BCUT2D eigenvalue weighted by Gasteiger charge is -2.26. The molecule has 1 aromatic rings. The van der Waals surface area contributed by atoms with Crippen LogP contribution in [-0.4, -0.2) is 61.7 Å². The van der Waals surface area contributed by atoms with Crippen molar-refractivity contribution in [1.82, 2.24) is 10.2 Å². The van der Waals surface area contributed by atoms with Crippen LogP contribution in [0.4, 0.5) is 5.69 Å². The number of hydrogen-bond acceptors (Lipinski definition) is 5. The van der Waals surface area contributed by atoms with Crippen LogP contribution < -0.4 is 15.4 Å². The zero-order chi connectivity index (χ0) is 15.2. The number of benzene rings is 1. The minimum absolute atomic E-state index is 0.0672. The van der Waals surface area contributed by atoms with Crippen molar-refractivity contribution < 1.29 is 19.4 Å². The molecule has 1 fully saturated rings. The van der Waals surface area contributed by atoms with Gasteiger partial charge in [-0.15, -0.1) is 0 Å². The van der Waals surface area contributed by atoms with Gasteiger partial charge in [-0.1, -0.05) is 0 Å². The monoisotopic (exact) mass is 293 g/mol. The number of carbonyl (C=O) groups excluding carboxylic acids is 1. The third-order valence-electron chi connectivity index (χ3n) is 3.29. The van der Waals surface area contributed by atoms with E-state index in [-0.39, 0.29) is 17.2 Å². The number of ether oxygens (including phenoxy) is 1. The Labute approximate surface area is 122 Å². The van der Waals surface area contributed by atoms with Gasteiger partial charge in [-0.2, -0.15) is 0 Å². The second-order valence-corrected chi connectivity index (χ2v) is 4.79. The van der Waals surface area contributed by atoms with E-state index >= 15 is 0 Å². The predicted octanol–water partition coefficient (Wildman–Crippen LogP) is 0.237. The second-order valence-electron chi connectivity index (χ2n) is 4.79. The summed E-state index contributed by atoms with van der Waals surface area (Å²) in [5.41, 5.74) is 0.592. The van der Waals surface area contributed by atoms with Crippen LogP contribution in [-0.2, 0) is 4.79 Å². The molecule has 0 aliphatic carbocycles. The van der Waals surface area contributed by atoms with E-state index in [4.69, 9.17) is 9.84 Å².